The molecule has 1 aromatic carbocycles. The quantitative estimate of drug-likeness (QED) is 0.480. The maximum Gasteiger partial charge on any atom is 0.200 e. The van der Waals surface area contributed by atoms with E-state index in [1.807, 2.05) is 54.9 Å². The molecule has 0 fully saturated rings. The molecule has 1 atom stereocenters. The Bertz CT molecular complexity index is 890. The molecule has 26 heavy (non-hydrogen) atoms. The number of ketones is 1. The highest BCUT2D eigenvalue weighted by molar-refractivity contribution is 8.00. The van der Waals surface area contributed by atoms with Gasteiger partial charge in [-0.2, -0.15) is 0 Å². The van der Waals surface area contributed by atoms with Gasteiger partial charge >= 0.3 is 0 Å². The van der Waals surface area contributed by atoms with E-state index in [1.165, 1.54) is 17.3 Å². The third-order valence-corrected chi connectivity index (χ3v) is 5.40. The molecular weight excluding hydrogens is 346 g/mol. The molecular formula is C20H23N3O2S. The average molecular weight is 369 g/mol. The molecule has 136 valence electrons. The molecule has 5 nitrogen and oxygen atoms in total. The van der Waals surface area contributed by atoms with E-state index in [1.54, 1.807) is 6.26 Å². The molecule has 2 aromatic heterocycles. The minimum Gasteiger partial charge on any atom is -0.461 e. The van der Waals surface area contributed by atoms with Gasteiger partial charge < -0.3 is 8.98 Å². The Morgan fingerprint density at radius 2 is 1.85 bits per heavy atom. The van der Waals surface area contributed by atoms with Gasteiger partial charge in [0.15, 0.2) is 22.5 Å². The smallest absolute Gasteiger partial charge is 0.200 e. The van der Waals surface area contributed by atoms with Crippen molar-refractivity contribution in [2.24, 2.45) is 7.05 Å². The lowest BCUT2D eigenvalue weighted by molar-refractivity contribution is 0.0994. The van der Waals surface area contributed by atoms with Gasteiger partial charge in [0.05, 0.1) is 11.5 Å². The standard InChI is InChI=1S/C20H23N3O2S/c1-13(17(24)14-8-10-15(11-9-14)20(2,3)4)26-19-22-21-18(23(19)5)16-7-6-12-25-16/h6-13H,1-5H3. The number of hydrogen-bond donors (Lipinski definition) is 0. The van der Waals surface area contributed by atoms with E-state index in [0.717, 1.165) is 0 Å². The van der Waals surface area contributed by atoms with Crippen LogP contribution in [0.25, 0.3) is 11.6 Å². The van der Waals surface area contributed by atoms with Crippen LogP contribution in [0.2, 0.25) is 0 Å². The van der Waals surface area contributed by atoms with Crippen LogP contribution in [0.15, 0.2) is 52.2 Å². The van der Waals surface area contributed by atoms with Crippen molar-refractivity contribution in [3.63, 3.8) is 0 Å². The predicted molar refractivity (Wildman–Crippen MR) is 103 cm³/mol. The van der Waals surface area contributed by atoms with E-state index in [9.17, 15) is 4.79 Å². The molecule has 6 heteroatoms. The van der Waals surface area contributed by atoms with Crippen LogP contribution in [0, 0.1) is 0 Å². The number of hydrogen-bond acceptors (Lipinski definition) is 5. The Labute approximate surface area is 157 Å². The molecule has 0 amide bonds. The lowest BCUT2D eigenvalue weighted by Gasteiger charge is -2.19. The molecule has 3 aromatic rings. The number of benzene rings is 1. The van der Waals surface area contributed by atoms with Crippen LogP contribution in [0.4, 0.5) is 0 Å². The fourth-order valence-corrected chi connectivity index (χ4v) is 3.51. The van der Waals surface area contributed by atoms with Crippen molar-refractivity contribution >= 4 is 17.5 Å². The number of carbonyl (C=O) groups excluding carboxylic acids is 1. The van der Waals surface area contributed by atoms with Crippen LogP contribution in [0.1, 0.15) is 43.6 Å². The first-order valence-electron chi connectivity index (χ1n) is 8.52. The van der Waals surface area contributed by atoms with E-state index < -0.39 is 0 Å². The van der Waals surface area contributed by atoms with Gasteiger partial charge in [0.2, 0.25) is 0 Å². The maximum atomic E-state index is 12.8. The maximum absolute atomic E-state index is 12.8. The summed E-state index contributed by atoms with van der Waals surface area (Å²) in [5, 5.41) is 8.79. The van der Waals surface area contributed by atoms with E-state index in [4.69, 9.17) is 4.42 Å². The lowest BCUT2D eigenvalue weighted by Crippen LogP contribution is -2.16. The highest BCUT2D eigenvalue weighted by atomic mass is 32.2. The number of rotatable bonds is 5. The Hall–Kier alpha value is -2.34. The predicted octanol–water partition coefficient (Wildman–Crippen LogP) is 4.74. The summed E-state index contributed by atoms with van der Waals surface area (Å²) in [7, 11) is 1.87. The van der Waals surface area contributed by atoms with Gasteiger partial charge in [-0.25, -0.2) is 0 Å². The van der Waals surface area contributed by atoms with Crippen molar-refractivity contribution in [3.8, 4) is 11.6 Å². The fraction of sp³-hybridized carbons (Fsp3) is 0.350. The molecule has 3 rings (SSSR count). The molecule has 0 bridgehead atoms. The zero-order valence-corrected chi connectivity index (χ0v) is 16.5. The van der Waals surface area contributed by atoms with E-state index in [0.29, 0.717) is 22.3 Å². The Morgan fingerprint density at radius 1 is 1.15 bits per heavy atom. The monoisotopic (exact) mass is 369 g/mol. The topological polar surface area (TPSA) is 60.9 Å². The largest absolute Gasteiger partial charge is 0.461 e. The summed E-state index contributed by atoms with van der Waals surface area (Å²) < 4.78 is 7.22. The van der Waals surface area contributed by atoms with Gasteiger partial charge in [-0.05, 0) is 30.0 Å². The fourth-order valence-electron chi connectivity index (χ4n) is 2.62. The number of nitrogens with zero attached hydrogens (tertiary/aromatic N) is 3. The van der Waals surface area contributed by atoms with E-state index >= 15 is 0 Å². The molecule has 0 saturated heterocycles. The zero-order chi connectivity index (χ0) is 18.9. The van der Waals surface area contributed by atoms with Crippen molar-refractivity contribution in [2.45, 2.75) is 43.5 Å². The molecule has 0 saturated carbocycles. The molecule has 0 radical (unpaired) electrons. The van der Waals surface area contributed by atoms with Crippen molar-refractivity contribution in [1.82, 2.24) is 14.8 Å². The molecule has 0 N–H and O–H groups in total. The molecule has 0 aliphatic carbocycles. The van der Waals surface area contributed by atoms with Gasteiger partial charge in [-0.3, -0.25) is 4.79 Å². The molecule has 0 aliphatic heterocycles. The summed E-state index contributed by atoms with van der Waals surface area (Å²) >= 11 is 1.40. The molecule has 2 heterocycles. The third kappa shape index (κ3) is 3.75. The molecule has 1 unspecified atom stereocenters. The Kier molecular flexibility index (Phi) is 5.05. The number of Topliss-reactive ketones (excluding diaryl/α,β-unsaturated/α-hetero) is 1. The number of carbonyl (C=O) groups is 1. The van der Waals surface area contributed by atoms with Crippen LogP contribution in [-0.4, -0.2) is 25.8 Å². The van der Waals surface area contributed by atoms with Gasteiger partial charge in [-0.1, -0.05) is 56.8 Å². The van der Waals surface area contributed by atoms with Crippen LogP contribution >= 0.6 is 11.8 Å². The summed E-state index contributed by atoms with van der Waals surface area (Å²) in [6, 6.07) is 11.5. The Balaban J connectivity index is 1.74. The SMILES string of the molecule is CC(Sc1nnc(-c2ccco2)n1C)C(=O)c1ccc(C(C)(C)C)cc1. The highest BCUT2D eigenvalue weighted by Crippen LogP contribution is 2.28. The van der Waals surface area contributed by atoms with E-state index in [-0.39, 0.29) is 16.4 Å². The molecule has 0 aliphatic rings. The zero-order valence-electron chi connectivity index (χ0n) is 15.7. The summed E-state index contributed by atoms with van der Waals surface area (Å²) in [5.74, 6) is 1.38. The minimum atomic E-state index is -0.261. The summed E-state index contributed by atoms with van der Waals surface area (Å²) in [6.45, 7) is 8.37. The van der Waals surface area contributed by atoms with Crippen molar-refractivity contribution in [3.05, 3.63) is 53.8 Å². The minimum absolute atomic E-state index is 0.0722. The first-order valence-corrected chi connectivity index (χ1v) is 9.40. The highest BCUT2D eigenvalue weighted by Gasteiger charge is 2.22. The average Bonchev–Trinajstić information content (AvgIpc) is 3.24. The second-order valence-corrected chi connectivity index (χ2v) is 8.60. The van der Waals surface area contributed by atoms with Crippen molar-refractivity contribution in [1.29, 1.82) is 0 Å². The number of furan rings is 1. The van der Waals surface area contributed by atoms with Gasteiger partial charge in [-0.15, -0.1) is 10.2 Å². The van der Waals surface area contributed by atoms with Crippen LogP contribution in [-0.2, 0) is 12.5 Å². The third-order valence-electron chi connectivity index (χ3n) is 4.26. The van der Waals surface area contributed by atoms with E-state index in [2.05, 4.69) is 31.0 Å². The summed E-state index contributed by atoms with van der Waals surface area (Å²) in [4.78, 5) is 12.8. The van der Waals surface area contributed by atoms with Crippen LogP contribution < -0.4 is 0 Å². The Morgan fingerprint density at radius 3 is 2.42 bits per heavy atom. The normalized spacial score (nSPS) is 13.0. The molecule has 0 spiro atoms. The summed E-state index contributed by atoms with van der Waals surface area (Å²) in [6.07, 6.45) is 1.60. The second-order valence-electron chi connectivity index (χ2n) is 7.29. The first kappa shape index (κ1) is 18.5. The number of aromatic nitrogens is 3. The van der Waals surface area contributed by atoms with Gasteiger partial charge in [0, 0.05) is 12.6 Å². The van der Waals surface area contributed by atoms with Gasteiger partial charge in [0.25, 0.3) is 0 Å². The first-order chi connectivity index (χ1) is 12.3. The lowest BCUT2D eigenvalue weighted by atomic mass is 9.86. The second kappa shape index (κ2) is 7.11. The summed E-state index contributed by atoms with van der Waals surface area (Å²) in [5.41, 5.74) is 2.00. The van der Waals surface area contributed by atoms with Crippen LogP contribution in [0.3, 0.4) is 0 Å². The van der Waals surface area contributed by atoms with Crippen LogP contribution in [0.5, 0.6) is 0 Å². The van der Waals surface area contributed by atoms with Crippen molar-refractivity contribution < 1.29 is 9.21 Å². The number of thioether (sulfide) groups is 1. The van der Waals surface area contributed by atoms with Gasteiger partial charge in [0.1, 0.15) is 0 Å². The van der Waals surface area contributed by atoms with Crippen molar-refractivity contribution in [2.75, 3.05) is 0 Å².